The number of ether oxygens (including phenoxy) is 1. The average Bonchev–Trinajstić information content (AvgIpc) is 2.87. The third-order valence-corrected chi connectivity index (χ3v) is 3.92. The van der Waals surface area contributed by atoms with E-state index in [1.807, 2.05) is 36.4 Å². The maximum Gasteiger partial charge on any atom is 0.198 e. The summed E-state index contributed by atoms with van der Waals surface area (Å²) in [6, 6.07) is 13.4. The van der Waals surface area contributed by atoms with Crippen molar-refractivity contribution in [3.8, 4) is 11.6 Å². The number of halogens is 1. The summed E-state index contributed by atoms with van der Waals surface area (Å²) in [5.41, 5.74) is 2.69. The molecule has 0 amide bonds. The van der Waals surface area contributed by atoms with Gasteiger partial charge in [0, 0.05) is 28.7 Å². The standard InChI is InChI=1S/C18H17ClN2O2/c1-23-14-5-2-12(3-6-14)8-9-20-11-16-15-10-13(19)4-7-17(15)21-18(16)22/h2-7,10-11,21-22H,8-9H2,1H3. The van der Waals surface area contributed by atoms with Crippen LogP contribution in [0.15, 0.2) is 47.5 Å². The van der Waals surface area contributed by atoms with Crippen LogP contribution in [0.1, 0.15) is 11.1 Å². The molecular weight excluding hydrogens is 312 g/mol. The van der Waals surface area contributed by atoms with E-state index in [0.29, 0.717) is 17.1 Å². The number of hydrogen-bond donors (Lipinski definition) is 2. The quantitative estimate of drug-likeness (QED) is 0.690. The van der Waals surface area contributed by atoms with Gasteiger partial charge in [0.1, 0.15) is 5.75 Å². The first kappa shape index (κ1) is 15.4. The zero-order valence-electron chi connectivity index (χ0n) is 12.7. The van der Waals surface area contributed by atoms with E-state index in [-0.39, 0.29) is 5.88 Å². The van der Waals surface area contributed by atoms with Gasteiger partial charge < -0.3 is 14.8 Å². The molecule has 0 atom stereocenters. The van der Waals surface area contributed by atoms with Gasteiger partial charge in [0.2, 0.25) is 0 Å². The van der Waals surface area contributed by atoms with Crippen LogP contribution in [0.4, 0.5) is 0 Å². The normalized spacial score (nSPS) is 11.4. The smallest absolute Gasteiger partial charge is 0.198 e. The Hall–Kier alpha value is -2.46. The van der Waals surface area contributed by atoms with Crippen LogP contribution in [0.3, 0.4) is 0 Å². The molecule has 0 aliphatic carbocycles. The number of hydrogen-bond acceptors (Lipinski definition) is 3. The molecule has 0 radical (unpaired) electrons. The average molecular weight is 329 g/mol. The van der Waals surface area contributed by atoms with E-state index >= 15 is 0 Å². The topological polar surface area (TPSA) is 57.6 Å². The number of H-pyrrole nitrogens is 1. The second-order valence-corrected chi connectivity index (χ2v) is 5.65. The number of nitrogens with zero attached hydrogens (tertiary/aromatic N) is 1. The maximum atomic E-state index is 10.00. The van der Waals surface area contributed by atoms with Crippen molar-refractivity contribution in [2.45, 2.75) is 6.42 Å². The highest BCUT2D eigenvalue weighted by Gasteiger charge is 2.08. The van der Waals surface area contributed by atoms with Gasteiger partial charge in [0.25, 0.3) is 0 Å². The van der Waals surface area contributed by atoms with E-state index in [2.05, 4.69) is 9.98 Å². The van der Waals surface area contributed by atoms with Crippen molar-refractivity contribution in [2.24, 2.45) is 4.99 Å². The molecule has 4 nitrogen and oxygen atoms in total. The first-order valence-corrected chi connectivity index (χ1v) is 7.68. The van der Waals surface area contributed by atoms with Crippen LogP contribution in [0, 0.1) is 0 Å². The Balaban J connectivity index is 1.70. The molecule has 23 heavy (non-hydrogen) atoms. The lowest BCUT2D eigenvalue weighted by Gasteiger charge is -2.01. The van der Waals surface area contributed by atoms with E-state index < -0.39 is 0 Å². The van der Waals surface area contributed by atoms with Gasteiger partial charge in [-0.3, -0.25) is 4.99 Å². The molecule has 2 N–H and O–H groups in total. The van der Waals surface area contributed by atoms with Crippen LogP contribution in [-0.2, 0) is 6.42 Å². The Kier molecular flexibility index (Phi) is 4.53. The summed E-state index contributed by atoms with van der Waals surface area (Å²) < 4.78 is 5.14. The summed E-state index contributed by atoms with van der Waals surface area (Å²) in [6.45, 7) is 0.638. The largest absolute Gasteiger partial charge is 0.497 e. The van der Waals surface area contributed by atoms with Crippen molar-refractivity contribution >= 4 is 28.7 Å². The lowest BCUT2D eigenvalue weighted by atomic mass is 10.1. The third kappa shape index (κ3) is 3.48. The minimum Gasteiger partial charge on any atom is -0.497 e. The number of fused-ring (bicyclic) bond motifs is 1. The molecule has 0 unspecified atom stereocenters. The molecule has 0 aliphatic rings. The SMILES string of the molecule is COc1ccc(CCN=Cc2c(O)[nH]c3ccc(Cl)cc23)cc1. The number of benzene rings is 2. The van der Waals surface area contributed by atoms with Crippen molar-refractivity contribution in [1.29, 1.82) is 0 Å². The van der Waals surface area contributed by atoms with Crippen LogP contribution >= 0.6 is 11.6 Å². The summed E-state index contributed by atoms with van der Waals surface area (Å²) in [5, 5.41) is 11.5. The van der Waals surface area contributed by atoms with E-state index in [9.17, 15) is 5.11 Å². The van der Waals surface area contributed by atoms with Gasteiger partial charge in [0.05, 0.1) is 12.7 Å². The molecule has 0 fully saturated rings. The van der Waals surface area contributed by atoms with Gasteiger partial charge in [-0.1, -0.05) is 23.7 Å². The second kappa shape index (κ2) is 6.75. The number of aliphatic imine (C=N–C) groups is 1. The molecule has 1 aromatic heterocycles. The fraction of sp³-hybridized carbons (Fsp3) is 0.167. The molecule has 0 saturated heterocycles. The Morgan fingerprint density at radius 3 is 2.74 bits per heavy atom. The maximum absolute atomic E-state index is 10.00. The molecule has 118 valence electrons. The fourth-order valence-corrected chi connectivity index (χ4v) is 2.62. The Morgan fingerprint density at radius 2 is 2.00 bits per heavy atom. The lowest BCUT2D eigenvalue weighted by Crippen LogP contribution is -1.91. The molecule has 1 heterocycles. The van der Waals surface area contributed by atoms with E-state index in [1.54, 1.807) is 19.4 Å². The van der Waals surface area contributed by atoms with Crippen LogP contribution in [0.2, 0.25) is 5.02 Å². The van der Waals surface area contributed by atoms with E-state index in [0.717, 1.165) is 23.1 Å². The van der Waals surface area contributed by atoms with Gasteiger partial charge in [0.15, 0.2) is 5.88 Å². The highest BCUT2D eigenvalue weighted by molar-refractivity contribution is 6.31. The molecule has 0 saturated carbocycles. The monoisotopic (exact) mass is 328 g/mol. The molecule has 0 spiro atoms. The highest BCUT2D eigenvalue weighted by atomic mass is 35.5. The molecular formula is C18H17ClN2O2. The van der Waals surface area contributed by atoms with Crippen molar-refractivity contribution in [2.75, 3.05) is 13.7 Å². The molecule has 5 heteroatoms. The third-order valence-electron chi connectivity index (χ3n) is 3.69. The molecule has 3 aromatic rings. The van der Waals surface area contributed by atoms with Crippen LogP contribution in [0.25, 0.3) is 10.9 Å². The van der Waals surface area contributed by atoms with E-state index in [1.165, 1.54) is 5.56 Å². The van der Waals surface area contributed by atoms with Crippen LogP contribution < -0.4 is 4.74 Å². The first-order chi connectivity index (χ1) is 11.2. The molecule has 2 aromatic carbocycles. The summed E-state index contributed by atoms with van der Waals surface area (Å²) in [6.07, 6.45) is 2.51. The second-order valence-electron chi connectivity index (χ2n) is 5.21. The minimum atomic E-state index is 0.107. The zero-order chi connectivity index (χ0) is 16.2. The van der Waals surface area contributed by atoms with Crippen molar-refractivity contribution in [3.05, 3.63) is 58.6 Å². The minimum absolute atomic E-state index is 0.107. The first-order valence-electron chi connectivity index (χ1n) is 7.30. The molecule has 0 bridgehead atoms. The van der Waals surface area contributed by atoms with Crippen molar-refractivity contribution < 1.29 is 9.84 Å². The number of rotatable bonds is 5. The highest BCUT2D eigenvalue weighted by Crippen LogP contribution is 2.28. The van der Waals surface area contributed by atoms with Crippen LogP contribution in [0.5, 0.6) is 11.6 Å². The summed E-state index contributed by atoms with van der Waals surface area (Å²) in [7, 11) is 1.65. The summed E-state index contributed by atoms with van der Waals surface area (Å²) in [5.74, 6) is 0.952. The summed E-state index contributed by atoms with van der Waals surface area (Å²) in [4.78, 5) is 7.33. The number of aromatic hydroxyl groups is 1. The lowest BCUT2D eigenvalue weighted by molar-refractivity contribution is 0.414. The number of aromatic amines is 1. The van der Waals surface area contributed by atoms with E-state index in [4.69, 9.17) is 16.3 Å². The van der Waals surface area contributed by atoms with Crippen molar-refractivity contribution in [3.63, 3.8) is 0 Å². The molecule has 0 aliphatic heterocycles. The summed E-state index contributed by atoms with van der Waals surface area (Å²) >= 11 is 6.02. The zero-order valence-corrected chi connectivity index (χ0v) is 13.5. The van der Waals surface area contributed by atoms with Crippen LogP contribution in [-0.4, -0.2) is 30.0 Å². The van der Waals surface area contributed by atoms with Gasteiger partial charge in [-0.25, -0.2) is 0 Å². The van der Waals surface area contributed by atoms with Gasteiger partial charge >= 0.3 is 0 Å². The number of aromatic nitrogens is 1. The van der Waals surface area contributed by atoms with Gasteiger partial charge in [-0.2, -0.15) is 0 Å². The Morgan fingerprint density at radius 1 is 1.22 bits per heavy atom. The molecule has 3 rings (SSSR count). The Bertz CT molecular complexity index is 838. The predicted molar refractivity (Wildman–Crippen MR) is 94.1 cm³/mol. The number of methoxy groups -OCH3 is 1. The van der Waals surface area contributed by atoms with Crippen molar-refractivity contribution in [1.82, 2.24) is 4.98 Å². The van der Waals surface area contributed by atoms with Gasteiger partial charge in [-0.15, -0.1) is 0 Å². The predicted octanol–water partition coefficient (Wildman–Crippen LogP) is 4.20. The Labute approximate surface area is 139 Å². The number of nitrogens with one attached hydrogen (secondary N) is 1. The fourth-order valence-electron chi connectivity index (χ4n) is 2.44. The van der Waals surface area contributed by atoms with Gasteiger partial charge in [-0.05, 0) is 42.3 Å².